The van der Waals surface area contributed by atoms with Crippen LogP contribution in [0.2, 0.25) is 0 Å². The van der Waals surface area contributed by atoms with Crippen LogP contribution in [0.15, 0.2) is 11.4 Å². The molecule has 1 unspecified atom stereocenters. The summed E-state index contributed by atoms with van der Waals surface area (Å²) in [6.45, 7) is 3.98. The van der Waals surface area contributed by atoms with Crippen molar-refractivity contribution in [2.45, 2.75) is 19.9 Å². The van der Waals surface area contributed by atoms with Crippen LogP contribution in [0.3, 0.4) is 0 Å². The average molecular weight is 291 g/mol. The number of nitrogens with zero attached hydrogens (tertiary/aromatic N) is 3. The third-order valence-corrected chi connectivity index (χ3v) is 4.72. The molecule has 0 saturated carbocycles. The van der Waals surface area contributed by atoms with E-state index in [0.717, 1.165) is 23.2 Å². The molecule has 1 aliphatic rings. The molecule has 0 aromatic carbocycles. The minimum absolute atomic E-state index is 0.242. The van der Waals surface area contributed by atoms with Gasteiger partial charge in [-0.3, -0.25) is 9.69 Å². The van der Waals surface area contributed by atoms with Crippen molar-refractivity contribution in [2.24, 2.45) is 11.1 Å². The molecule has 1 amide bonds. The lowest BCUT2D eigenvalue weighted by Gasteiger charge is -2.20. The van der Waals surface area contributed by atoms with Crippen LogP contribution in [0.1, 0.15) is 19.2 Å². The summed E-state index contributed by atoms with van der Waals surface area (Å²) in [6, 6.07) is 1.93. The first-order valence-corrected chi connectivity index (χ1v) is 7.38. The van der Waals surface area contributed by atoms with E-state index in [2.05, 4.69) is 14.9 Å². The minimum Gasteiger partial charge on any atom is -0.383 e. The molecule has 1 saturated heterocycles. The fourth-order valence-corrected chi connectivity index (χ4v) is 3.38. The predicted molar refractivity (Wildman–Crippen MR) is 79.0 cm³/mol. The van der Waals surface area contributed by atoms with E-state index in [1.165, 1.54) is 0 Å². The molecular formula is C13H17N5OS. The fourth-order valence-electron chi connectivity index (χ4n) is 2.59. The van der Waals surface area contributed by atoms with Gasteiger partial charge in [-0.25, -0.2) is 9.97 Å². The van der Waals surface area contributed by atoms with Crippen molar-refractivity contribution in [3.8, 4) is 0 Å². The normalized spacial score (nSPS) is 23.4. The van der Waals surface area contributed by atoms with Crippen LogP contribution < -0.4 is 11.5 Å². The molecule has 0 aliphatic carbocycles. The summed E-state index contributed by atoms with van der Waals surface area (Å²) in [5.74, 6) is 0.975. The van der Waals surface area contributed by atoms with Gasteiger partial charge in [0, 0.05) is 6.54 Å². The lowest BCUT2D eigenvalue weighted by atomic mass is 9.89. The van der Waals surface area contributed by atoms with Crippen molar-refractivity contribution in [1.29, 1.82) is 0 Å². The second kappa shape index (κ2) is 4.68. The van der Waals surface area contributed by atoms with E-state index in [-0.39, 0.29) is 5.91 Å². The molecule has 106 valence electrons. The largest absolute Gasteiger partial charge is 0.383 e. The Kier molecular flexibility index (Phi) is 3.10. The molecule has 0 bridgehead atoms. The van der Waals surface area contributed by atoms with Crippen LogP contribution in [0, 0.1) is 5.41 Å². The molecule has 2 aromatic heterocycles. The Balaban J connectivity index is 1.79. The highest BCUT2D eigenvalue weighted by atomic mass is 32.1. The number of likely N-dealkylation sites (tertiary alicyclic amines) is 1. The molecule has 0 spiro atoms. The number of primary amides is 1. The second-order valence-corrected chi connectivity index (χ2v) is 6.44. The van der Waals surface area contributed by atoms with E-state index in [0.29, 0.717) is 24.7 Å². The molecule has 0 radical (unpaired) electrons. The Morgan fingerprint density at radius 2 is 2.35 bits per heavy atom. The fraction of sp³-hybridized carbons (Fsp3) is 0.462. The van der Waals surface area contributed by atoms with E-state index in [1.807, 2.05) is 18.4 Å². The van der Waals surface area contributed by atoms with Crippen molar-refractivity contribution in [1.82, 2.24) is 14.9 Å². The first kappa shape index (κ1) is 13.3. The third kappa shape index (κ3) is 2.23. The molecule has 1 aliphatic heterocycles. The average Bonchev–Trinajstić information content (AvgIpc) is 2.97. The standard InChI is InChI=1S/C13H17N5OS/c1-13(12(15)19)3-4-18(7-13)6-9-16-10(14)8-2-5-20-11(8)17-9/h2,5H,3-4,6-7H2,1H3,(H2,15,19)(H2,14,16,17). The van der Waals surface area contributed by atoms with Gasteiger partial charge in [0.1, 0.15) is 16.5 Å². The molecule has 3 heterocycles. The summed E-state index contributed by atoms with van der Waals surface area (Å²) in [5, 5.41) is 2.86. The quantitative estimate of drug-likeness (QED) is 0.878. The molecule has 1 atom stereocenters. The van der Waals surface area contributed by atoms with Gasteiger partial charge in [-0.15, -0.1) is 11.3 Å². The molecule has 4 N–H and O–H groups in total. The highest BCUT2D eigenvalue weighted by molar-refractivity contribution is 7.16. The number of nitrogen functional groups attached to an aromatic ring is 1. The number of nitrogens with two attached hydrogens (primary N) is 2. The first-order valence-electron chi connectivity index (χ1n) is 6.50. The number of carbonyl (C=O) groups excluding carboxylic acids is 1. The predicted octanol–water partition coefficient (Wildman–Crippen LogP) is 0.971. The Morgan fingerprint density at radius 1 is 1.55 bits per heavy atom. The topological polar surface area (TPSA) is 98.1 Å². The van der Waals surface area contributed by atoms with E-state index < -0.39 is 5.41 Å². The number of anilines is 1. The third-order valence-electron chi connectivity index (χ3n) is 3.91. The van der Waals surface area contributed by atoms with Crippen molar-refractivity contribution in [2.75, 3.05) is 18.8 Å². The summed E-state index contributed by atoms with van der Waals surface area (Å²) >= 11 is 1.55. The van der Waals surface area contributed by atoms with Crippen LogP contribution in [-0.4, -0.2) is 33.9 Å². The molecule has 2 aromatic rings. The molecular weight excluding hydrogens is 274 g/mol. The summed E-state index contributed by atoms with van der Waals surface area (Å²) < 4.78 is 0. The molecule has 6 nitrogen and oxygen atoms in total. The summed E-state index contributed by atoms with van der Waals surface area (Å²) in [4.78, 5) is 23.4. The maximum Gasteiger partial charge on any atom is 0.224 e. The van der Waals surface area contributed by atoms with E-state index in [1.54, 1.807) is 11.3 Å². The zero-order chi connectivity index (χ0) is 14.3. The lowest BCUT2D eigenvalue weighted by Crippen LogP contribution is -2.37. The zero-order valence-corrected chi connectivity index (χ0v) is 12.1. The number of aromatic nitrogens is 2. The van der Waals surface area contributed by atoms with Gasteiger partial charge >= 0.3 is 0 Å². The monoisotopic (exact) mass is 291 g/mol. The number of hydrogen-bond donors (Lipinski definition) is 2. The number of thiophene rings is 1. The van der Waals surface area contributed by atoms with Crippen LogP contribution in [0.5, 0.6) is 0 Å². The highest BCUT2D eigenvalue weighted by Gasteiger charge is 2.38. The molecule has 7 heteroatoms. The maximum absolute atomic E-state index is 11.5. The molecule has 3 rings (SSSR count). The summed E-state index contributed by atoms with van der Waals surface area (Å²) in [6.07, 6.45) is 0.777. The lowest BCUT2D eigenvalue weighted by molar-refractivity contribution is -0.126. The van der Waals surface area contributed by atoms with Crippen molar-refractivity contribution < 1.29 is 4.79 Å². The van der Waals surface area contributed by atoms with Crippen molar-refractivity contribution in [3.63, 3.8) is 0 Å². The van der Waals surface area contributed by atoms with Gasteiger partial charge in [0.15, 0.2) is 0 Å². The van der Waals surface area contributed by atoms with Crippen LogP contribution in [0.25, 0.3) is 10.2 Å². The van der Waals surface area contributed by atoms with Crippen LogP contribution in [0.4, 0.5) is 5.82 Å². The Bertz CT molecular complexity index is 670. The molecule has 20 heavy (non-hydrogen) atoms. The van der Waals surface area contributed by atoms with E-state index >= 15 is 0 Å². The van der Waals surface area contributed by atoms with Gasteiger partial charge in [0.2, 0.25) is 5.91 Å². The SMILES string of the molecule is CC1(C(N)=O)CCN(Cc2nc(N)c3ccsc3n2)C1. The number of carbonyl (C=O) groups is 1. The minimum atomic E-state index is -0.446. The molecule has 1 fully saturated rings. The van der Waals surface area contributed by atoms with Crippen molar-refractivity contribution >= 4 is 33.3 Å². The van der Waals surface area contributed by atoms with Crippen molar-refractivity contribution in [3.05, 3.63) is 17.3 Å². The van der Waals surface area contributed by atoms with E-state index in [4.69, 9.17) is 11.5 Å². The second-order valence-electron chi connectivity index (χ2n) is 5.55. The zero-order valence-electron chi connectivity index (χ0n) is 11.3. The van der Waals surface area contributed by atoms with Gasteiger partial charge in [-0.1, -0.05) is 0 Å². The Hall–Kier alpha value is -1.73. The Morgan fingerprint density at radius 3 is 3.05 bits per heavy atom. The summed E-state index contributed by atoms with van der Waals surface area (Å²) in [5.41, 5.74) is 11.0. The Labute approximate surface area is 120 Å². The van der Waals surface area contributed by atoms with Gasteiger partial charge in [-0.2, -0.15) is 0 Å². The number of rotatable bonds is 3. The van der Waals surface area contributed by atoms with Crippen LogP contribution >= 0.6 is 11.3 Å². The number of fused-ring (bicyclic) bond motifs is 1. The number of hydrogen-bond acceptors (Lipinski definition) is 6. The van der Waals surface area contributed by atoms with Gasteiger partial charge in [0.25, 0.3) is 0 Å². The number of amides is 1. The maximum atomic E-state index is 11.5. The smallest absolute Gasteiger partial charge is 0.224 e. The van der Waals surface area contributed by atoms with Gasteiger partial charge in [0.05, 0.1) is 17.3 Å². The van der Waals surface area contributed by atoms with E-state index in [9.17, 15) is 4.79 Å². The van der Waals surface area contributed by atoms with Gasteiger partial charge < -0.3 is 11.5 Å². The first-order chi connectivity index (χ1) is 9.48. The van der Waals surface area contributed by atoms with Gasteiger partial charge in [-0.05, 0) is 31.3 Å². The summed E-state index contributed by atoms with van der Waals surface area (Å²) in [7, 11) is 0. The van der Waals surface area contributed by atoms with Crippen LogP contribution in [-0.2, 0) is 11.3 Å². The highest BCUT2D eigenvalue weighted by Crippen LogP contribution is 2.30.